The van der Waals surface area contributed by atoms with Gasteiger partial charge in [-0.2, -0.15) is 0 Å². The molecular formula is C16H19ClN2. The van der Waals surface area contributed by atoms with Crippen LogP contribution in [-0.2, 0) is 6.54 Å². The molecular weight excluding hydrogens is 256 g/mol. The van der Waals surface area contributed by atoms with Crippen LogP contribution in [0.25, 0.3) is 0 Å². The molecule has 0 spiro atoms. The summed E-state index contributed by atoms with van der Waals surface area (Å²) in [5, 5.41) is 0.787. The molecule has 0 unspecified atom stereocenters. The highest BCUT2D eigenvalue weighted by molar-refractivity contribution is 6.33. The average Bonchev–Trinajstić information content (AvgIpc) is 2.45. The Bertz CT molecular complexity index is 499. The zero-order chi connectivity index (χ0) is 13.5. The van der Waals surface area contributed by atoms with Crippen molar-refractivity contribution in [2.45, 2.75) is 13.0 Å². The van der Waals surface area contributed by atoms with Crippen LogP contribution < -0.4 is 10.6 Å². The number of benzene rings is 2. The molecule has 0 radical (unpaired) electrons. The number of anilines is 1. The first-order valence-corrected chi connectivity index (χ1v) is 6.92. The molecule has 0 aliphatic rings. The van der Waals surface area contributed by atoms with Gasteiger partial charge in [-0.3, -0.25) is 0 Å². The number of nitrogens with zero attached hydrogens (tertiary/aromatic N) is 1. The van der Waals surface area contributed by atoms with Crippen molar-refractivity contribution in [2.24, 2.45) is 5.73 Å². The first-order chi connectivity index (χ1) is 9.31. The van der Waals surface area contributed by atoms with Crippen molar-refractivity contribution >= 4 is 17.3 Å². The fourth-order valence-electron chi connectivity index (χ4n) is 2.08. The molecule has 2 aromatic rings. The maximum Gasteiger partial charge on any atom is 0.0639 e. The van der Waals surface area contributed by atoms with Crippen LogP contribution in [0.5, 0.6) is 0 Å². The number of hydrogen-bond donors (Lipinski definition) is 1. The Balaban J connectivity index is 2.19. The van der Waals surface area contributed by atoms with Crippen LogP contribution in [0.15, 0.2) is 54.6 Å². The Morgan fingerprint density at radius 2 is 1.63 bits per heavy atom. The van der Waals surface area contributed by atoms with E-state index in [1.165, 1.54) is 5.56 Å². The first-order valence-electron chi connectivity index (χ1n) is 6.54. The van der Waals surface area contributed by atoms with E-state index in [4.69, 9.17) is 17.3 Å². The van der Waals surface area contributed by atoms with Gasteiger partial charge in [0.25, 0.3) is 0 Å². The standard InChI is InChI=1S/C16H19ClN2/c17-15-9-4-5-10-16(15)19(12-6-11-18)13-14-7-2-1-3-8-14/h1-5,7-10H,6,11-13,18H2. The van der Waals surface area contributed by atoms with Gasteiger partial charge in [0, 0.05) is 13.1 Å². The summed E-state index contributed by atoms with van der Waals surface area (Å²) in [7, 11) is 0. The zero-order valence-electron chi connectivity index (χ0n) is 10.9. The van der Waals surface area contributed by atoms with Crippen molar-refractivity contribution in [3.05, 3.63) is 65.2 Å². The Labute approximate surface area is 119 Å². The maximum atomic E-state index is 6.29. The Kier molecular flexibility index (Phi) is 5.25. The van der Waals surface area contributed by atoms with E-state index in [0.717, 1.165) is 30.2 Å². The predicted octanol–water partition coefficient (Wildman–Crippen LogP) is 3.70. The Morgan fingerprint density at radius 3 is 2.32 bits per heavy atom. The van der Waals surface area contributed by atoms with Crippen molar-refractivity contribution in [3.63, 3.8) is 0 Å². The van der Waals surface area contributed by atoms with E-state index in [1.54, 1.807) is 0 Å². The third-order valence-electron chi connectivity index (χ3n) is 3.04. The van der Waals surface area contributed by atoms with Gasteiger partial charge >= 0.3 is 0 Å². The number of rotatable bonds is 6. The minimum atomic E-state index is 0.690. The average molecular weight is 275 g/mol. The Morgan fingerprint density at radius 1 is 0.947 bits per heavy atom. The van der Waals surface area contributed by atoms with Crippen LogP contribution in [-0.4, -0.2) is 13.1 Å². The predicted molar refractivity (Wildman–Crippen MR) is 82.6 cm³/mol. The number of nitrogens with two attached hydrogens (primary N) is 1. The van der Waals surface area contributed by atoms with Gasteiger partial charge in [0.1, 0.15) is 0 Å². The minimum absolute atomic E-state index is 0.690. The zero-order valence-corrected chi connectivity index (χ0v) is 11.7. The molecule has 0 aromatic heterocycles. The molecule has 2 rings (SSSR count). The SMILES string of the molecule is NCCCN(Cc1ccccc1)c1ccccc1Cl. The fraction of sp³-hybridized carbons (Fsp3) is 0.250. The van der Waals surface area contributed by atoms with Crippen LogP contribution in [0.1, 0.15) is 12.0 Å². The molecule has 0 bridgehead atoms. The lowest BCUT2D eigenvalue weighted by Crippen LogP contribution is -2.25. The topological polar surface area (TPSA) is 29.3 Å². The molecule has 0 heterocycles. The van der Waals surface area contributed by atoms with Crippen molar-refractivity contribution in [1.29, 1.82) is 0 Å². The summed E-state index contributed by atoms with van der Waals surface area (Å²) < 4.78 is 0. The van der Waals surface area contributed by atoms with E-state index < -0.39 is 0 Å². The monoisotopic (exact) mass is 274 g/mol. The second-order valence-corrected chi connectivity index (χ2v) is 4.91. The van der Waals surface area contributed by atoms with Crippen LogP contribution in [0.4, 0.5) is 5.69 Å². The highest BCUT2D eigenvalue weighted by Crippen LogP contribution is 2.26. The van der Waals surface area contributed by atoms with Gasteiger partial charge in [0.05, 0.1) is 10.7 Å². The van der Waals surface area contributed by atoms with Crippen molar-refractivity contribution in [2.75, 3.05) is 18.0 Å². The highest BCUT2D eigenvalue weighted by Gasteiger charge is 2.09. The van der Waals surface area contributed by atoms with E-state index in [9.17, 15) is 0 Å². The van der Waals surface area contributed by atoms with E-state index in [2.05, 4.69) is 35.2 Å². The lowest BCUT2D eigenvalue weighted by atomic mass is 10.2. The van der Waals surface area contributed by atoms with E-state index >= 15 is 0 Å². The molecule has 0 saturated carbocycles. The van der Waals surface area contributed by atoms with Crippen LogP contribution in [0, 0.1) is 0 Å². The van der Waals surface area contributed by atoms with E-state index in [1.807, 2.05) is 24.3 Å². The first kappa shape index (κ1) is 13.9. The summed E-state index contributed by atoms with van der Waals surface area (Å²) >= 11 is 6.29. The van der Waals surface area contributed by atoms with Gasteiger partial charge in [-0.25, -0.2) is 0 Å². The summed E-state index contributed by atoms with van der Waals surface area (Å²) in [6.07, 6.45) is 0.956. The molecule has 0 fully saturated rings. The number of para-hydroxylation sites is 1. The molecule has 19 heavy (non-hydrogen) atoms. The Hall–Kier alpha value is -1.51. The minimum Gasteiger partial charge on any atom is -0.366 e. The van der Waals surface area contributed by atoms with Crippen LogP contribution in [0.3, 0.4) is 0 Å². The largest absolute Gasteiger partial charge is 0.366 e. The van der Waals surface area contributed by atoms with Crippen molar-refractivity contribution in [1.82, 2.24) is 0 Å². The summed E-state index contributed by atoms with van der Waals surface area (Å²) in [6, 6.07) is 18.4. The highest BCUT2D eigenvalue weighted by atomic mass is 35.5. The normalized spacial score (nSPS) is 10.4. The quantitative estimate of drug-likeness (QED) is 0.870. The molecule has 0 amide bonds. The lowest BCUT2D eigenvalue weighted by molar-refractivity contribution is 0.736. The maximum absolute atomic E-state index is 6.29. The molecule has 3 heteroatoms. The molecule has 0 aliphatic heterocycles. The number of hydrogen-bond acceptors (Lipinski definition) is 2. The third-order valence-corrected chi connectivity index (χ3v) is 3.36. The van der Waals surface area contributed by atoms with Crippen molar-refractivity contribution in [3.8, 4) is 0 Å². The van der Waals surface area contributed by atoms with Gasteiger partial charge in [-0.05, 0) is 30.7 Å². The fourth-order valence-corrected chi connectivity index (χ4v) is 2.33. The summed E-state index contributed by atoms with van der Waals surface area (Å²) in [5.41, 5.74) is 7.97. The number of halogens is 1. The second kappa shape index (κ2) is 7.17. The van der Waals surface area contributed by atoms with Crippen molar-refractivity contribution < 1.29 is 0 Å². The van der Waals surface area contributed by atoms with Crippen LogP contribution in [0.2, 0.25) is 5.02 Å². The van der Waals surface area contributed by atoms with Gasteiger partial charge in [0.2, 0.25) is 0 Å². The molecule has 100 valence electrons. The van der Waals surface area contributed by atoms with E-state index in [-0.39, 0.29) is 0 Å². The summed E-state index contributed by atoms with van der Waals surface area (Å²) in [6.45, 7) is 2.45. The third kappa shape index (κ3) is 3.98. The van der Waals surface area contributed by atoms with Gasteiger partial charge in [0.15, 0.2) is 0 Å². The molecule has 2 nitrogen and oxygen atoms in total. The smallest absolute Gasteiger partial charge is 0.0639 e. The molecule has 2 aromatic carbocycles. The molecule has 0 saturated heterocycles. The molecule has 2 N–H and O–H groups in total. The van der Waals surface area contributed by atoms with Crippen LogP contribution >= 0.6 is 11.6 Å². The van der Waals surface area contributed by atoms with Gasteiger partial charge in [-0.15, -0.1) is 0 Å². The molecule has 0 atom stereocenters. The van der Waals surface area contributed by atoms with Gasteiger partial charge in [-0.1, -0.05) is 54.1 Å². The second-order valence-electron chi connectivity index (χ2n) is 4.50. The lowest BCUT2D eigenvalue weighted by Gasteiger charge is -2.25. The van der Waals surface area contributed by atoms with Gasteiger partial charge < -0.3 is 10.6 Å². The molecule has 0 aliphatic carbocycles. The summed E-state index contributed by atoms with van der Waals surface area (Å²) in [5.74, 6) is 0. The van der Waals surface area contributed by atoms with E-state index in [0.29, 0.717) is 6.54 Å². The summed E-state index contributed by atoms with van der Waals surface area (Å²) in [4.78, 5) is 2.28.